The normalized spacial score (nSPS) is 11.8. The SMILES string of the molecule is C=CC(=C(C)C)c1c(C)ccc(C(/C=C\C)=C/CC)c1C. The molecule has 21 heavy (non-hydrogen) atoms. The van der Waals surface area contributed by atoms with Gasteiger partial charge in [0.05, 0.1) is 0 Å². The molecule has 0 unspecified atom stereocenters. The van der Waals surface area contributed by atoms with Crippen LogP contribution in [0.4, 0.5) is 0 Å². The molecular formula is C21H28. The molecule has 0 aliphatic heterocycles. The van der Waals surface area contributed by atoms with Crippen molar-refractivity contribution in [2.45, 2.75) is 48.0 Å². The van der Waals surface area contributed by atoms with E-state index in [4.69, 9.17) is 0 Å². The third kappa shape index (κ3) is 3.85. The van der Waals surface area contributed by atoms with Crippen LogP contribution in [-0.2, 0) is 0 Å². The topological polar surface area (TPSA) is 0 Å². The van der Waals surface area contributed by atoms with Gasteiger partial charge in [0.25, 0.3) is 0 Å². The highest BCUT2D eigenvalue weighted by Gasteiger charge is 2.12. The van der Waals surface area contributed by atoms with Gasteiger partial charge in [0.2, 0.25) is 0 Å². The fraction of sp³-hybridized carbons (Fsp3) is 0.333. The number of aryl methyl sites for hydroxylation is 1. The predicted molar refractivity (Wildman–Crippen MR) is 97.5 cm³/mol. The second kappa shape index (κ2) is 7.83. The van der Waals surface area contributed by atoms with Crippen molar-refractivity contribution in [2.24, 2.45) is 0 Å². The minimum atomic E-state index is 1.04. The third-order valence-corrected chi connectivity index (χ3v) is 3.77. The molecule has 0 saturated heterocycles. The first-order valence-corrected chi connectivity index (χ1v) is 7.71. The Balaban J connectivity index is 3.65. The van der Waals surface area contributed by atoms with E-state index in [1.54, 1.807) is 0 Å². The van der Waals surface area contributed by atoms with Gasteiger partial charge >= 0.3 is 0 Å². The summed E-state index contributed by atoms with van der Waals surface area (Å²) >= 11 is 0. The third-order valence-electron chi connectivity index (χ3n) is 3.77. The smallest absolute Gasteiger partial charge is 0.0120 e. The maximum Gasteiger partial charge on any atom is -0.0120 e. The van der Waals surface area contributed by atoms with Crippen LogP contribution in [0.15, 0.2) is 48.6 Å². The molecule has 0 bridgehead atoms. The van der Waals surface area contributed by atoms with Gasteiger partial charge in [-0.05, 0) is 74.4 Å². The van der Waals surface area contributed by atoms with Crippen molar-refractivity contribution in [3.63, 3.8) is 0 Å². The summed E-state index contributed by atoms with van der Waals surface area (Å²) in [6, 6.07) is 4.46. The number of benzene rings is 1. The van der Waals surface area contributed by atoms with Crippen LogP contribution in [0, 0.1) is 13.8 Å². The summed E-state index contributed by atoms with van der Waals surface area (Å²) in [6.45, 7) is 16.9. The van der Waals surface area contributed by atoms with Gasteiger partial charge in [-0.2, -0.15) is 0 Å². The number of hydrogen-bond donors (Lipinski definition) is 0. The lowest BCUT2D eigenvalue weighted by molar-refractivity contribution is 1.22. The second-order valence-electron chi connectivity index (χ2n) is 5.62. The van der Waals surface area contributed by atoms with Gasteiger partial charge in [0.15, 0.2) is 0 Å². The minimum Gasteiger partial charge on any atom is -0.0984 e. The average molecular weight is 280 g/mol. The van der Waals surface area contributed by atoms with E-state index < -0.39 is 0 Å². The first-order chi connectivity index (χ1) is 9.97. The Morgan fingerprint density at radius 2 is 1.86 bits per heavy atom. The van der Waals surface area contributed by atoms with Gasteiger partial charge in [-0.25, -0.2) is 0 Å². The zero-order valence-electron chi connectivity index (χ0n) is 14.4. The Kier molecular flexibility index (Phi) is 6.42. The van der Waals surface area contributed by atoms with Crippen LogP contribution in [0.5, 0.6) is 0 Å². The Bertz CT molecular complexity index is 603. The quantitative estimate of drug-likeness (QED) is 0.529. The van der Waals surface area contributed by atoms with Gasteiger partial charge in [-0.3, -0.25) is 0 Å². The number of allylic oxidation sites excluding steroid dienone is 7. The maximum absolute atomic E-state index is 4.00. The van der Waals surface area contributed by atoms with Crippen LogP contribution < -0.4 is 0 Å². The van der Waals surface area contributed by atoms with Crippen LogP contribution in [0.25, 0.3) is 11.1 Å². The second-order valence-corrected chi connectivity index (χ2v) is 5.62. The zero-order chi connectivity index (χ0) is 16.0. The molecule has 112 valence electrons. The molecular weight excluding hydrogens is 252 g/mol. The van der Waals surface area contributed by atoms with Gasteiger partial charge in [-0.1, -0.05) is 55.5 Å². The highest BCUT2D eigenvalue weighted by molar-refractivity contribution is 5.85. The summed E-state index contributed by atoms with van der Waals surface area (Å²) in [5.41, 5.74) is 9.15. The lowest BCUT2D eigenvalue weighted by Crippen LogP contribution is -1.98. The molecule has 0 nitrogen and oxygen atoms in total. The van der Waals surface area contributed by atoms with Crippen molar-refractivity contribution in [3.8, 4) is 0 Å². The molecule has 0 heterocycles. The van der Waals surface area contributed by atoms with E-state index in [-0.39, 0.29) is 0 Å². The summed E-state index contributed by atoms with van der Waals surface area (Å²) in [6.07, 6.45) is 9.61. The van der Waals surface area contributed by atoms with E-state index in [1.807, 2.05) is 6.08 Å². The molecule has 0 aromatic heterocycles. The largest absolute Gasteiger partial charge is 0.0984 e. The molecule has 0 heteroatoms. The van der Waals surface area contributed by atoms with Crippen molar-refractivity contribution in [1.29, 1.82) is 0 Å². The summed E-state index contributed by atoms with van der Waals surface area (Å²) < 4.78 is 0. The van der Waals surface area contributed by atoms with Crippen molar-refractivity contribution in [1.82, 2.24) is 0 Å². The van der Waals surface area contributed by atoms with Crippen LogP contribution in [0.1, 0.15) is 56.4 Å². The van der Waals surface area contributed by atoms with E-state index in [1.165, 1.54) is 39.0 Å². The van der Waals surface area contributed by atoms with E-state index in [2.05, 4.69) is 78.5 Å². The number of hydrogen-bond acceptors (Lipinski definition) is 0. The molecule has 1 aromatic rings. The van der Waals surface area contributed by atoms with Gasteiger partial charge in [0, 0.05) is 0 Å². The molecule has 0 saturated carbocycles. The molecule has 0 amide bonds. The molecule has 0 spiro atoms. The van der Waals surface area contributed by atoms with E-state index in [0.717, 1.165) is 6.42 Å². The van der Waals surface area contributed by atoms with Crippen molar-refractivity contribution in [3.05, 3.63) is 70.8 Å². The molecule has 0 aliphatic rings. The molecule has 0 radical (unpaired) electrons. The van der Waals surface area contributed by atoms with Crippen molar-refractivity contribution in [2.75, 3.05) is 0 Å². The standard InChI is InChI=1S/C21H28/c1-8-11-18(12-9-2)20-14-13-16(6)21(17(20)7)19(10-3)15(4)5/h8,10-14H,3,9H2,1-2,4-7H3/b11-8-,18-12+. The molecule has 0 atom stereocenters. The lowest BCUT2D eigenvalue weighted by atomic mass is 9.87. The summed E-state index contributed by atoms with van der Waals surface area (Å²) in [5.74, 6) is 0. The Hall–Kier alpha value is -1.82. The molecule has 0 fully saturated rings. The highest BCUT2D eigenvalue weighted by atomic mass is 14.2. The molecule has 0 N–H and O–H groups in total. The maximum atomic E-state index is 4.00. The Morgan fingerprint density at radius 3 is 2.33 bits per heavy atom. The first kappa shape index (κ1) is 17.2. The van der Waals surface area contributed by atoms with E-state index in [0.29, 0.717) is 0 Å². The predicted octanol–water partition coefficient (Wildman–Crippen LogP) is 6.65. The summed E-state index contributed by atoms with van der Waals surface area (Å²) in [7, 11) is 0. The monoisotopic (exact) mass is 280 g/mol. The number of rotatable bonds is 5. The van der Waals surface area contributed by atoms with Crippen LogP contribution in [0.3, 0.4) is 0 Å². The zero-order valence-corrected chi connectivity index (χ0v) is 14.4. The van der Waals surface area contributed by atoms with Crippen LogP contribution >= 0.6 is 0 Å². The fourth-order valence-electron chi connectivity index (χ4n) is 2.80. The molecule has 1 aromatic carbocycles. The Morgan fingerprint density at radius 1 is 1.19 bits per heavy atom. The summed E-state index contributed by atoms with van der Waals surface area (Å²) in [5, 5.41) is 0. The molecule has 1 rings (SSSR count). The average Bonchev–Trinajstić information content (AvgIpc) is 2.43. The summed E-state index contributed by atoms with van der Waals surface area (Å²) in [4.78, 5) is 0. The molecule has 0 aliphatic carbocycles. The van der Waals surface area contributed by atoms with Gasteiger partial charge in [0.1, 0.15) is 0 Å². The fourth-order valence-corrected chi connectivity index (χ4v) is 2.80. The van der Waals surface area contributed by atoms with Gasteiger partial charge < -0.3 is 0 Å². The van der Waals surface area contributed by atoms with Crippen molar-refractivity contribution >= 4 is 11.1 Å². The van der Waals surface area contributed by atoms with Gasteiger partial charge in [-0.15, -0.1) is 0 Å². The highest BCUT2D eigenvalue weighted by Crippen LogP contribution is 2.32. The first-order valence-electron chi connectivity index (χ1n) is 7.71. The van der Waals surface area contributed by atoms with E-state index in [9.17, 15) is 0 Å². The lowest BCUT2D eigenvalue weighted by Gasteiger charge is -2.17. The van der Waals surface area contributed by atoms with Crippen LogP contribution in [-0.4, -0.2) is 0 Å². The van der Waals surface area contributed by atoms with Crippen molar-refractivity contribution < 1.29 is 0 Å². The van der Waals surface area contributed by atoms with Crippen LogP contribution in [0.2, 0.25) is 0 Å². The van der Waals surface area contributed by atoms with E-state index >= 15 is 0 Å². The minimum absolute atomic E-state index is 1.04. The Labute approximate surface area is 130 Å².